The van der Waals surface area contributed by atoms with Crippen LogP contribution in [0, 0.1) is 22.5 Å². The first-order valence-corrected chi connectivity index (χ1v) is 8.22. The fourth-order valence-corrected chi connectivity index (χ4v) is 3.76. The molecule has 4 heteroatoms. The first-order chi connectivity index (χ1) is 9.02. The Morgan fingerprint density at radius 3 is 2.58 bits per heavy atom. The molecule has 1 aromatic carbocycles. The quantitative estimate of drug-likeness (QED) is 0.741. The van der Waals surface area contributed by atoms with Crippen molar-refractivity contribution in [3.8, 4) is 0 Å². The van der Waals surface area contributed by atoms with Crippen molar-refractivity contribution in [3.05, 3.63) is 54.5 Å². The van der Waals surface area contributed by atoms with Crippen LogP contribution in [0.1, 0.15) is 35.2 Å². The number of aryl methyl sites for hydroxylation is 2. The van der Waals surface area contributed by atoms with Crippen LogP contribution < -0.4 is 5.32 Å². The molecule has 0 aliphatic carbocycles. The molecule has 0 bridgehead atoms. The highest BCUT2D eigenvalue weighted by molar-refractivity contribution is 14.1. The Morgan fingerprint density at radius 2 is 2.05 bits per heavy atom. The normalized spacial score (nSPS) is 12.7. The van der Waals surface area contributed by atoms with Gasteiger partial charge in [-0.1, -0.05) is 13.0 Å². The summed E-state index contributed by atoms with van der Waals surface area (Å²) in [5, 5.41) is 5.50. The van der Waals surface area contributed by atoms with E-state index in [0.717, 1.165) is 28.8 Å². The van der Waals surface area contributed by atoms with Crippen molar-refractivity contribution in [1.29, 1.82) is 0 Å². The van der Waals surface area contributed by atoms with Crippen LogP contribution >= 0.6 is 33.9 Å². The molecule has 1 heterocycles. The first kappa shape index (κ1) is 14.9. The molecule has 1 atom stereocenters. The molecule has 0 spiro atoms. The highest BCUT2D eigenvalue weighted by Gasteiger charge is 2.20. The third-order valence-electron chi connectivity index (χ3n) is 3.10. The van der Waals surface area contributed by atoms with E-state index < -0.39 is 0 Å². The maximum atomic E-state index is 14.3. The third kappa shape index (κ3) is 3.35. The van der Waals surface area contributed by atoms with Crippen LogP contribution in [0.2, 0.25) is 0 Å². The number of thiophene rings is 1. The van der Waals surface area contributed by atoms with E-state index in [1.807, 2.05) is 26.8 Å². The highest BCUT2D eigenvalue weighted by Crippen LogP contribution is 2.31. The van der Waals surface area contributed by atoms with Crippen molar-refractivity contribution in [2.24, 2.45) is 0 Å². The molecular formula is C15H17FINS. The topological polar surface area (TPSA) is 12.0 Å². The molecule has 0 amide bonds. The molecule has 0 aliphatic rings. The van der Waals surface area contributed by atoms with Crippen molar-refractivity contribution < 1.29 is 4.39 Å². The lowest BCUT2D eigenvalue weighted by molar-refractivity contribution is 0.556. The van der Waals surface area contributed by atoms with Crippen LogP contribution in [0.3, 0.4) is 0 Å². The first-order valence-electron chi connectivity index (χ1n) is 6.27. The van der Waals surface area contributed by atoms with Gasteiger partial charge in [-0.05, 0) is 77.2 Å². The third-order valence-corrected chi connectivity index (χ3v) is 4.91. The van der Waals surface area contributed by atoms with Gasteiger partial charge in [-0.3, -0.25) is 0 Å². The predicted molar refractivity (Wildman–Crippen MR) is 88.4 cm³/mol. The molecule has 1 unspecified atom stereocenters. The van der Waals surface area contributed by atoms with Crippen LogP contribution in [0.25, 0.3) is 0 Å². The van der Waals surface area contributed by atoms with E-state index in [0.29, 0.717) is 0 Å². The maximum absolute atomic E-state index is 14.3. The smallest absolute Gasteiger partial charge is 0.128 e. The molecule has 1 aromatic heterocycles. The average molecular weight is 389 g/mol. The number of nitrogens with one attached hydrogen (secondary N) is 1. The maximum Gasteiger partial charge on any atom is 0.128 e. The number of halogens is 2. The van der Waals surface area contributed by atoms with Gasteiger partial charge >= 0.3 is 0 Å². The summed E-state index contributed by atoms with van der Waals surface area (Å²) in [6.07, 6.45) is 0. The molecule has 2 aromatic rings. The number of hydrogen-bond acceptors (Lipinski definition) is 2. The van der Waals surface area contributed by atoms with Gasteiger partial charge in [0.25, 0.3) is 0 Å². The van der Waals surface area contributed by atoms with Gasteiger partial charge in [0.15, 0.2) is 0 Å². The largest absolute Gasteiger partial charge is 0.306 e. The van der Waals surface area contributed by atoms with Gasteiger partial charge in [0.2, 0.25) is 0 Å². The van der Waals surface area contributed by atoms with Gasteiger partial charge in [-0.25, -0.2) is 4.39 Å². The number of benzene rings is 1. The van der Waals surface area contributed by atoms with Gasteiger partial charge in [-0.15, -0.1) is 11.3 Å². The molecule has 0 saturated carbocycles. The van der Waals surface area contributed by atoms with Gasteiger partial charge in [0.05, 0.1) is 8.93 Å². The summed E-state index contributed by atoms with van der Waals surface area (Å²) < 4.78 is 15.6. The second-order valence-corrected chi connectivity index (χ2v) is 7.46. The Bertz CT molecular complexity index is 556. The lowest BCUT2D eigenvalue weighted by atomic mass is 9.94. The van der Waals surface area contributed by atoms with Crippen LogP contribution in [0.4, 0.5) is 4.39 Å². The van der Waals surface area contributed by atoms with E-state index >= 15 is 0 Å². The summed E-state index contributed by atoms with van der Waals surface area (Å²) in [4.78, 5) is 0. The molecule has 0 fully saturated rings. The molecular weight excluding hydrogens is 372 g/mol. The Hall–Kier alpha value is -0.460. The van der Waals surface area contributed by atoms with E-state index in [2.05, 4.69) is 39.4 Å². The summed E-state index contributed by atoms with van der Waals surface area (Å²) in [5.74, 6) is -0.121. The Balaban J connectivity index is 2.51. The minimum atomic E-state index is -0.121. The lowest BCUT2D eigenvalue weighted by Gasteiger charge is -2.20. The molecule has 1 nitrogen and oxygen atoms in total. The van der Waals surface area contributed by atoms with Crippen molar-refractivity contribution in [1.82, 2.24) is 5.32 Å². The SMILES string of the molecule is CCNC(c1csc(I)c1)c1c(C)cc(C)cc1F. The predicted octanol–water partition coefficient (Wildman–Crippen LogP) is 4.81. The Morgan fingerprint density at radius 1 is 1.32 bits per heavy atom. The number of rotatable bonds is 4. The summed E-state index contributed by atoms with van der Waals surface area (Å²) >= 11 is 3.99. The van der Waals surface area contributed by atoms with E-state index in [1.54, 1.807) is 17.4 Å². The second kappa shape index (κ2) is 6.33. The second-order valence-electron chi connectivity index (χ2n) is 4.65. The molecule has 102 valence electrons. The molecule has 19 heavy (non-hydrogen) atoms. The monoisotopic (exact) mass is 389 g/mol. The summed E-state index contributed by atoms with van der Waals surface area (Å²) in [6.45, 7) is 6.76. The zero-order valence-corrected chi connectivity index (χ0v) is 14.2. The van der Waals surface area contributed by atoms with Crippen LogP contribution in [-0.4, -0.2) is 6.54 Å². The van der Waals surface area contributed by atoms with Gasteiger partial charge in [-0.2, -0.15) is 0 Å². The molecule has 1 N–H and O–H groups in total. The van der Waals surface area contributed by atoms with Crippen molar-refractivity contribution >= 4 is 33.9 Å². The van der Waals surface area contributed by atoms with Gasteiger partial charge in [0.1, 0.15) is 5.82 Å². The standard InChI is InChI=1S/C15H17FINS/c1-4-18-15(11-7-13(17)19-8-11)14-10(3)5-9(2)6-12(14)16/h5-8,15,18H,4H2,1-3H3. The van der Waals surface area contributed by atoms with Gasteiger partial charge in [0, 0.05) is 5.56 Å². The molecule has 0 radical (unpaired) electrons. The Kier molecular flexibility index (Phi) is 4.97. The van der Waals surface area contributed by atoms with Crippen molar-refractivity contribution in [2.45, 2.75) is 26.8 Å². The molecule has 2 rings (SSSR count). The highest BCUT2D eigenvalue weighted by atomic mass is 127. The van der Waals surface area contributed by atoms with Crippen LogP contribution in [0.5, 0.6) is 0 Å². The zero-order chi connectivity index (χ0) is 14.0. The minimum Gasteiger partial charge on any atom is -0.306 e. The minimum absolute atomic E-state index is 0.0645. The fourth-order valence-electron chi connectivity index (χ4n) is 2.36. The van der Waals surface area contributed by atoms with Crippen molar-refractivity contribution in [2.75, 3.05) is 6.54 Å². The van der Waals surface area contributed by atoms with Crippen molar-refractivity contribution in [3.63, 3.8) is 0 Å². The van der Waals surface area contributed by atoms with E-state index in [9.17, 15) is 4.39 Å². The fraction of sp³-hybridized carbons (Fsp3) is 0.333. The lowest BCUT2D eigenvalue weighted by Crippen LogP contribution is -2.23. The van der Waals surface area contributed by atoms with E-state index in [-0.39, 0.29) is 11.9 Å². The summed E-state index contributed by atoms with van der Waals surface area (Å²) in [6, 6.07) is 5.71. The summed E-state index contributed by atoms with van der Waals surface area (Å²) in [5.41, 5.74) is 3.88. The van der Waals surface area contributed by atoms with Crippen LogP contribution in [0.15, 0.2) is 23.6 Å². The molecule has 0 aliphatic heterocycles. The summed E-state index contributed by atoms with van der Waals surface area (Å²) in [7, 11) is 0. The van der Waals surface area contributed by atoms with Crippen LogP contribution in [-0.2, 0) is 0 Å². The molecule has 0 saturated heterocycles. The Labute approximate surface area is 131 Å². The van der Waals surface area contributed by atoms with E-state index in [1.165, 1.54) is 2.88 Å². The average Bonchev–Trinajstić information content (AvgIpc) is 2.73. The number of hydrogen-bond donors (Lipinski definition) is 1. The zero-order valence-electron chi connectivity index (χ0n) is 11.3. The van der Waals surface area contributed by atoms with Gasteiger partial charge < -0.3 is 5.32 Å². The van der Waals surface area contributed by atoms with E-state index in [4.69, 9.17) is 0 Å².